The lowest BCUT2D eigenvalue weighted by atomic mass is 10.2. The van der Waals surface area contributed by atoms with Crippen LogP contribution >= 0.6 is 15.9 Å². The summed E-state index contributed by atoms with van der Waals surface area (Å²) in [5.74, 6) is -0.0369. The number of rotatable bonds is 5. The number of hydrogen-bond donors (Lipinski definition) is 1. The normalized spacial score (nSPS) is 10.1. The molecule has 0 saturated carbocycles. The van der Waals surface area contributed by atoms with E-state index < -0.39 is 5.97 Å². The van der Waals surface area contributed by atoms with Gasteiger partial charge in [-0.15, -0.1) is 0 Å². The van der Waals surface area contributed by atoms with Crippen LogP contribution in [0.1, 0.15) is 16.1 Å². The highest BCUT2D eigenvalue weighted by Gasteiger charge is 2.09. The third-order valence-electron chi connectivity index (χ3n) is 2.55. The Labute approximate surface area is 124 Å². The fraction of sp³-hybridized carbons (Fsp3) is 0.143. The van der Waals surface area contributed by atoms with Crippen LogP contribution in [0.4, 0.5) is 0 Å². The van der Waals surface area contributed by atoms with Crippen molar-refractivity contribution in [2.45, 2.75) is 6.61 Å². The average Bonchev–Trinajstić information content (AvgIpc) is 2.46. The Balaban J connectivity index is 2.10. The quantitative estimate of drug-likeness (QED) is 0.907. The van der Waals surface area contributed by atoms with E-state index in [0.29, 0.717) is 21.8 Å². The number of carbonyl (C=O) groups is 1. The first-order valence-corrected chi connectivity index (χ1v) is 6.55. The van der Waals surface area contributed by atoms with Crippen molar-refractivity contribution >= 4 is 21.9 Å². The molecule has 2 aromatic rings. The molecule has 0 amide bonds. The van der Waals surface area contributed by atoms with Gasteiger partial charge in [-0.25, -0.2) is 9.78 Å². The summed E-state index contributed by atoms with van der Waals surface area (Å²) in [6, 6.07) is 10.2. The topological polar surface area (TPSA) is 68.7 Å². The first-order chi connectivity index (χ1) is 9.60. The van der Waals surface area contributed by atoms with Crippen LogP contribution < -0.4 is 9.47 Å². The van der Waals surface area contributed by atoms with E-state index in [1.807, 2.05) is 6.07 Å². The van der Waals surface area contributed by atoms with Crippen molar-refractivity contribution in [1.82, 2.24) is 4.98 Å². The molecule has 2 rings (SSSR count). The Bertz CT molecular complexity index is 630. The van der Waals surface area contributed by atoms with E-state index in [9.17, 15) is 4.79 Å². The number of carboxylic acid groups (broad SMARTS) is 1. The summed E-state index contributed by atoms with van der Waals surface area (Å²) in [7, 11) is 1.54. The van der Waals surface area contributed by atoms with Gasteiger partial charge in [-0.1, -0.05) is 6.07 Å². The number of nitrogens with zero attached hydrogens (tertiary/aromatic N) is 1. The van der Waals surface area contributed by atoms with Crippen molar-refractivity contribution < 1.29 is 19.4 Å². The Morgan fingerprint density at radius 1 is 1.35 bits per heavy atom. The number of carboxylic acids is 1. The molecule has 0 fully saturated rings. The third-order valence-corrected chi connectivity index (χ3v) is 3.24. The smallest absolute Gasteiger partial charge is 0.336 e. The first-order valence-electron chi connectivity index (χ1n) is 5.75. The van der Waals surface area contributed by atoms with Crippen molar-refractivity contribution in [3.8, 4) is 11.6 Å². The zero-order valence-electron chi connectivity index (χ0n) is 10.7. The monoisotopic (exact) mass is 337 g/mol. The highest BCUT2D eigenvalue weighted by Crippen LogP contribution is 2.23. The molecule has 0 radical (unpaired) electrons. The van der Waals surface area contributed by atoms with Gasteiger partial charge in [0, 0.05) is 10.5 Å². The molecule has 6 heteroatoms. The minimum atomic E-state index is -1.01. The minimum Gasteiger partial charge on any atom is -0.487 e. The van der Waals surface area contributed by atoms with Crippen LogP contribution in [-0.2, 0) is 6.61 Å². The number of methoxy groups -OCH3 is 1. The maximum Gasteiger partial charge on any atom is 0.336 e. The van der Waals surface area contributed by atoms with E-state index in [2.05, 4.69) is 20.9 Å². The molecule has 20 heavy (non-hydrogen) atoms. The molecule has 1 heterocycles. The zero-order valence-corrected chi connectivity index (χ0v) is 12.3. The van der Waals surface area contributed by atoms with Crippen molar-refractivity contribution in [2.24, 2.45) is 0 Å². The SMILES string of the molecule is COc1cccc(COc2ccc(Br)c(C(=O)O)c2)n1. The second kappa shape index (κ2) is 6.38. The number of pyridine rings is 1. The predicted molar refractivity (Wildman–Crippen MR) is 76.2 cm³/mol. The first kappa shape index (κ1) is 14.3. The lowest BCUT2D eigenvalue weighted by Gasteiger charge is -2.08. The molecule has 0 saturated heterocycles. The summed E-state index contributed by atoms with van der Waals surface area (Å²) >= 11 is 3.18. The number of benzene rings is 1. The van der Waals surface area contributed by atoms with E-state index >= 15 is 0 Å². The minimum absolute atomic E-state index is 0.154. The van der Waals surface area contributed by atoms with Crippen LogP contribution in [0.25, 0.3) is 0 Å². The van der Waals surface area contributed by atoms with Gasteiger partial charge in [0.1, 0.15) is 12.4 Å². The fourth-order valence-electron chi connectivity index (χ4n) is 1.57. The van der Waals surface area contributed by atoms with Crippen LogP contribution in [0, 0.1) is 0 Å². The van der Waals surface area contributed by atoms with E-state index in [0.717, 1.165) is 0 Å². The molecule has 0 unspecified atom stereocenters. The van der Waals surface area contributed by atoms with E-state index in [-0.39, 0.29) is 12.2 Å². The number of halogens is 1. The van der Waals surface area contributed by atoms with Crippen LogP contribution in [0.5, 0.6) is 11.6 Å². The maximum absolute atomic E-state index is 11.0. The molecule has 104 valence electrons. The van der Waals surface area contributed by atoms with Gasteiger partial charge in [-0.05, 0) is 40.2 Å². The van der Waals surface area contributed by atoms with E-state index in [1.165, 1.54) is 6.07 Å². The molecule has 1 aromatic carbocycles. The predicted octanol–water partition coefficient (Wildman–Crippen LogP) is 3.13. The third kappa shape index (κ3) is 3.48. The highest BCUT2D eigenvalue weighted by atomic mass is 79.9. The number of aromatic nitrogens is 1. The summed E-state index contributed by atoms with van der Waals surface area (Å²) in [5.41, 5.74) is 0.852. The molecule has 5 nitrogen and oxygen atoms in total. The van der Waals surface area contributed by atoms with Gasteiger partial charge in [-0.3, -0.25) is 0 Å². The second-order valence-electron chi connectivity index (χ2n) is 3.91. The standard InChI is InChI=1S/C14H12BrNO4/c1-19-13-4-2-3-9(16-13)8-20-10-5-6-12(15)11(7-10)14(17)18/h2-7H,8H2,1H3,(H,17,18). The van der Waals surface area contributed by atoms with Crippen LogP contribution in [0.3, 0.4) is 0 Å². The molecule has 0 atom stereocenters. The maximum atomic E-state index is 11.0. The molecule has 0 spiro atoms. The van der Waals surface area contributed by atoms with Crippen molar-refractivity contribution in [3.05, 3.63) is 52.1 Å². The Morgan fingerprint density at radius 2 is 2.15 bits per heavy atom. The molecule has 0 aliphatic heterocycles. The van der Waals surface area contributed by atoms with Crippen molar-refractivity contribution in [3.63, 3.8) is 0 Å². The fourth-order valence-corrected chi connectivity index (χ4v) is 1.98. The summed E-state index contributed by atoms with van der Waals surface area (Å²) in [5, 5.41) is 9.03. The molecule has 1 N–H and O–H groups in total. The lowest BCUT2D eigenvalue weighted by Crippen LogP contribution is -2.02. The molecule has 0 aliphatic carbocycles. The summed E-state index contributed by atoms with van der Waals surface area (Å²) in [6.07, 6.45) is 0. The van der Waals surface area contributed by atoms with Gasteiger partial charge in [0.15, 0.2) is 0 Å². The Kier molecular flexibility index (Phi) is 4.57. The summed E-state index contributed by atoms with van der Waals surface area (Å²) in [6.45, 7) is 0.234. The van der Waals surface area contributed by atoms with Gasteiger partial charge in [0.25, 0.3) is 0 Å². The number of ether oxygens (including phenoxy) is 2. The second-order valence-corrected chi connectivity index (χ2v) is 4.76. The van der Waals surface area contributed by atoms with E-state index in [1.54, 1.807) is 31.4 Å². The van der Waals surface area contributed by atoms with Gasteiger partial charge in [0.2, 0.25) is 5.88 Å². The van der Waals surface area contributed by atoms with Gasteiger partial charge in [-0.2, -0.15) is 0 Å². The lowest BCUT2D eigenvalue weighted by molar-refractivity contribution is 0.0695. The van der Waals surface area contributed by atoms with Crippen molar-refractivity contribution in [1.29, 1.82) is 0 Å². The Hall–Kier alpha value is -2.08. The van der Waals surface area contributed by atoms with Crippen LogP contribution in [0.15, 0.2) is 40.9 Å². The van der Waals surface area contributed by atoms with Gasteiger partial charge in [0.05, 0.1) is 18.4 Å². The number of hydrogen-bond acceptors (Lipinski definition) is 4. The molecular formula is C14H12BrNO4. The average molecular weight is 338 g/mol. The molecule has 0 bridgehead atoms. The highest BCUT2D eigenvalue weighted by molar-refractivity contribution is 9.10. The number of aromatic carboxylic acids is 1. The summed E-state index contributed by atoms with van der Waals surface area (Å²) < 4.78 is 11.1. The van der Waals surface area contributed by atoms with Crippen molar-refractivity contribution in [2.75, 3.05) is 7.11 Å². The van der Waals surface area contributed by atoms with Crippen LogP contribution in [0.2, 0.25) is 0 Å². The zero-order chi connectivity index (χ0) is 14.5. The molecular weight excluding hydrogens is 326 g/mol. The van der Waals surface area contributed by atoms with Gasteiger partial charge < -0.3 is 14.6 Å². The Morgan fingerprint density at radius 3 is 2.85 bits per heavy atom. The van der Waals surface area contributed by atoms with E-state index in [4.69, 9.17) is 14.6 Å². The van der Waals surface area contributed by atoms with Crippen LogP contribution in [-0.4, -0.2) is 23.2 Å². The molecule has 1 aromatic heterocycles. The largest absolute Gasteiger partial charge is 0.487 e. The van der Waals surface area contributed by atoms with Gasteiger partial charge >= 0.3 is 5.97 Å². The molecule has 0 aliphatic rings. The summed E-state index contributed by atoms with van der Waals surface area (Å²) in [4.78, 5) is 15.2.